The van der Waals surface area contributed by atoms with E-state index in [1.807, 2.05) is 0 Å². The van der Waals surface area contributed by atoms with Crippen molar-refractivity contribution in [2.75, 3.05) is 32.1 Å². The summed E-state index contributed by atoms with van der Waals surface area (Å²) in [5.74, 6) is -1.91. The number of alkyl carbamates (subject to hydrolysis) is 1. The van der Waals surface area contributed by atoms with E-state index in [9.17, 15) is 19.2 Å². The Morgan fingerprint density at radius 2 is 1.88 bits per heavy atom. The molecule has 0 bridgehead atoms. The molecule has 176 valence electrons. The lowest BCUT2D eigenvalue weighted by Crippen LogP contribution is -2.62. The highest BCUT2D eigenvalue weighted by Gasteiger charge is 2.35. The molecule has 1 aliphatic heterocycles. The number of methoxy groups -OCH3 is 1. The predicted octanol–water partition coefficient (Wildman–Crippen LogP) is 0.930. The number of nitrogens with zero attached hydrogens (tertiary/aromatic N) is 2. The summed E-state index contributed by atoms with van der Waals surface area (Å²) in [5.41, 5.74) is -0.728. The number of pyridine rings is 1. The number of aromatic nitrogens is 1. The molecule has 1 aromatic heterocycles. The van der Waals surface area contributed by atoms with Crippen molar-refractivity contribution in [2.45, 2.75) is 44.9 Å². The van der Waals surface area contributed by atoms with E-state index in [-0.39, 0.29) is 24.9 Å². The maximum absolute atomic E-state index is 12.4. The van der Waals surface area contributed by atoms with Gasteiger partial charge in [0, 0.05) is 26.4 Å². The van der Waals surface area contributed by atoms with Crippen LogP contribution in [0.25, 0.3) is 0 Å². The Balaban J connectivity index is 2.05. The van der Waals surface area contributed by atoms with Gasteiger partial charge in [0.05, 0.1) is 17.1 Å². The summed E-state index contributed by atoms with van der Waals surface area (Å²) in [6.45, 7) is 5.49. The third-order valence-electron chi connectivity index (χ3n) is 4.43. The molecule has 1 fully saturated rings. The fraction of sp³-hybridized carbons (Fsp3) is 0.550. The van der Waals surface area contributed by atoms with Crippen molar-refractivity contribution in [3.8, 4) is 0 Å². The van der Waals surface area contributed by atoms with E-state index >= 15 is 0 Å². The lowest BCUT2D eigenvalue weighted by atomic mass is 9.99. The largest absolute Gasteiger partial charge is 0.444 e. The first kappa shape index (κ1) is 25.3. The molecule has 12 heteroatoms. The number of carbonyl (C=O) groups excluding carboxylic acids is 4. The van der Waals surface area contributed by atoms with Gasteiger partial charge < -0.3 is 30.3 Å². The fourth-order valence-electron chi connectivity index (χ4n) is 3.03. The molecule has 1 aliphatic rings. The van der Waals surface area contributed by atoms with Crippen LogP contribution in [0.2, 0.25) is 5.02 Å². The van der Waals surface area contributed by atoms with E-state index < -0.39 is 35.6 Å². The SMILES string of the molecule is COCC(=O)N1CC[C@H](NC(=O)C(=O)Nc2ccc(Cl)cn2)[C@H](NC(=O)OC(C)(C)C)C1. The highest BCUT2D eigenvalue weighted by atomic mass is 35.5. The molecule has 2 atom stereocenters. The lowest BCUT2D eigenvalue weighted by Gasteiger charge is -2.39. The van der Waals surface area contributed by atoms with Gasteiger partial charge in [0.1, 0.15) is 18.0 Å². The molecule has 0 aromatic carbocycles. The molecule has 1 aromatic rings. The van der Waals surface area contributed by atoms with E-state index in [1.165, 1.54) is 30.3 Å². The Labute approximate surface area is 191 Å². The molecular weight excluding hydrogens is 442 g/mol. The normalized spacial score (nSPS) is 18.5. The molecule has 32 heavy (non-hydrogen) atoms. The summed E-state index contributed by atoms with van der Waals surface area (Å²) in [6.07, 6.45) is 0.953. The molecule has 1 saturated heterocycles. The third kappa shape index (κ3) is 7.97. The third-order valence-corrected chi connectivity index (χ3v) is 4.65. The molecule has 4 amide bonds. The Kier molecular flexibility index (Phi) is 8.79. The van der Waals surface area contributed by atoms with Crippen LogP contribution >= 0.6 is 11.6 Å². The zero-order chi connectivity index (χ0) is 23.9. The Morgan fingerprint density at radius 3 is 2.47 bits per heavy atom. The van der Waals surface area contributed by atoms with Crippen LogP contribution in [0.5, 0.6) is 0 Å². The smallest absolute Gasteiger partial charge is 0.408 e. The second-order valence-electron chi connectivity index (χ2n) is 8.21. The minimum absolute atomic E-state index is 0.104. The van der Waals surface area contributed by atoms with Crippen molar-refractivity contribution in [2.24, 2.45) is 0 Å². The number of carbonyl (C=O) groups is 4. The highest BCUT2D eigenvalue weighted by molar-refractivity contribution is 6.39. The Hall–Kier alpha value is -2.92. The van der Waals surface area contributed by atoms with Crippen LogP contribution in [-0.2, 0) is 23.9 Å². The standard InChI is InChI=1S/C20H28ClN5O6/c1-20(2,3)32-19(30)24-14-10-26(16(27)11-31-4)8-7-13(14)23-17(28)18(29)25-15-6-5-12(21)9-22-15/h5-6,9,13-14H,7-8,10-11H2,1-4H3,(H,23,28)(H,24,30)(H,22,25,29)/t13-,14+/m0/s1. The van der Waals surface area contributed by atoms with Gasteiger partial charge in [0.15, 0.2) is 0 Å². The summed E-state index contributed by atoms with van der Waals surface area (Å²) in [4.78, 5) is 54.6. The molecule has 0 saturated carbocycles. The van der Waals surface area contributed by atoms with Gasteiger partial charge in [0.25, 0.3) is 0 Å². The molecule has 0 radical (unpaired) electrons. The summed E-state index contributed by atoms with van der Waals surface area (Å²) in [6, 6.07) is 1.70. The van der Waals surface area contributed by atoms with Gasteiger partial charge in [0.2, 0.25) is 5.91 Å². The molecule has 0 aliphatic carbocycles. The first-order valence-electron chi connectivity index (χ1n) is 9.98. The van der Waals surface area contributed by atoms with Gasteiger partial charge in [-0.05, 0) is 39.3 Å². The van der Waals surface area contributed by atoms with Gasteiger partial charge >= 0.3 is 17.9 Å². The topological polar surface area (TPSA) is 139 Å². The van der Waals surface area contributed by atoms with Crippen molar-refractivity contribution in [1.29, 1.82) is 0 Å². The maximum atomic E-state index is 12.4. The number of ether oxygens (including phenoxy) is 2. The van der Waals surface area contributed by atoms with Gasteiger partial charge in [-0.25, -0.2) is 9.78 Å². The number of nitrogens with one attached hydrogen (secondary N) is 3. The van der Waals surface area contributed by atoms with Crippen LogP contribution in [0.4, 0.5) is 10.6 Å². The average molecular weight is 470 g/mol. The second kappa shape index (κ2) is 11.1. The van der Waals surface area contributed by atoms with Gasteiger partial charge in [-0.1, -0.05) is 11.6 Å². The number of likely N-dealkylation sites (tertiary alicyclic amines) is 1. The van der Waals surface area contributed by atoms with Crippen LogP contribution < -0.4 is 16.0 Å². The Bertz CT molecular complexity index is 842. The van der Waals surface area contributed by atoms with Gasteiger partial charge in [-0.3, -0.25) is 14.4 Å². The second-order valence-corrected chi connectivity index (χ2v) is 8.65. The minimum atomic E-state index is -0.922. The van der Waals surface area contributed by atoms with Crippen LogP contribution in [0, 0.1) is 0 Å². The molecule has 3 N–H and O–H groups in total. The fourth-order valence-corrected chi connectivity index (χ4v) is 3.14. The number of hydrogen-bond acceptors (Lipinski definition) is 7. The zero-order valence-electron chi connectivity index (χ0n) is 18.4. The van der Waals surface area contributed by atoms with Gasteiger partial charge in [-0.15, -0.1) is 0 Å². The van der Waals surface area contributed by atoms with Crippen molar-refractivity contribution in [1.82, 2.24) is 20.5 Å². The number of anilines is 1. The van der Waals surface area contributed by atoms with Crippen LogP contribution in [-0.4, -0.2) is 78.2 Å². The van der Waals surface area contributed by atoms with E-state index in [4.69, 9.17) is 21.1 Å². The van der Waals surface area contributed by atoms with Crippen molar-refractivity contribution < 1.29 is 28.7 Å². The zero-order valence-corrected chi connectivity index (χ0v) is 19.2. The number of hydrogen-bond donors (Lipinski definition) is 3. The van der Waals surface area contributed by atoms with Crippen LogP contribution in [0.1, 0.15) is 27.2 Å². The van der Waals surface area contributed by atoms with E-state index in [1.54, 1.807) is 20.8 Å². The minimum Gasteiger partial charge on any atom is -0.444 e. The van der Waals surface area contributed by atoms with E-state index in [2.05, 4.69) is 20.9 Å². The summed E-state index contributed by atoms with van der Waals surface area (Å²) in [7, 11) is 1.41. The van der Waals surface area contributed by atoms with E-state index in [0.717, 1.165) is 0 Å². The number of halogens is 1. The van der Waals surface area contributed by atoms with Crippen molar-refractivity contribution in [3.63, 3.8) is 0 Å². The van der Waals surface area contributed by atoms with Gasteiger partial charge in [-0.2, -0.15) is 0 Å². The quantitative estimate of drug-likeness (QED) is 0.545. The summed E-state index contributed by atoms with van der Waals surface area (Å²) in [5, 5.41) is 8.06. The lowest BCUT2D eigenvalue weighted by molar-refractivity contribution is -0.138. The Morgan fingerprint density at radius 1 is 1.16 bits per heavy atom. The predicted molar refractivity (Wildman–Crippen MR) is 116 cm³/mol. The molecule has 0 unspecified atom stereocenters. The molecule has 11 nitrogen and oxygen atoms in total. The number of rotatable bonds is 5. The highest BCUT2D eigenvalue weighted by Crippen LogP contribution is 2.14. The van der Waals surface area contributed by atoms with Crippen LogP contribution in [0.3, 0.4) is 0 Å². The molecule has 2 rings (SSSR count). The number of piperidine rings is 1. The summed E-state index contributed by atoms with van der Waals surface area (Å²) < 4.78 is 10.2. The van der Waals surface area contributed by atoms with Crippen molar-refractivity contribution >= 4 is 41.2 Å². The first-order valence-corrected chi connectivity index (χ1v) is 10.4. The first-order chi connectivity index (χ1) is 15.0. The van der Waals surface area contributed by atoms with Crippen LogP contribution in [0.15, 0.2) is 18.3 Å². The van der Waals surface area contributed by atoms with Crippen molar-refractivity contribution in [3.05, 3.63) is 23.4 Å². The maximum Gasteiger partial charge on any atom is 0.408 e. The number of amides is 4. The molecular formula is C20H28ClN5O6. The average Bonchev–Trinajstić information content (AvgIpc) is 2.69. The molecule has 2 heterocycles. The van der Waals surface area contributed by atoms with E-state index in [0.29, 0.717) is 18.0 Å². The molecule has 0 spiro atoms. The summed E-state index contributed by atoms with van der Waals surface area (Å²) >= 11 is 5.76. The monoisotopic (exact) mass is 469 g/mol.